The highest BCUT2D eigenvalue weighted by molar-refractivity contribution is 7.89. The Kier molecular flexibility index (Phi) is 6.16. The fourth-order valence-corrected chi connectivity index (χ4v) is 5.13. The van der Waals surface area contributed by atoms with Crippen molar-refractivity contribution in [3.8, 4) is 16.9 Å². The molecule has 0 saturated carbocycles. The van der Waals surface area contributed by atoms with Crippen LogP contribution in [0.1, 0.15) is 51.3 Å². The summed E-state index contributed by atoms with van der Waals surface area (Å²) in [5, 5.41) is 0. The minimum atomic E-state index is -3.10. The lowest BCUT2D eigenvalue weighted by atomic mass is 9.82. The van der Waals surface area contributed by atoms with E-state index in [4.69, 9.17) is 9.47 Å². The largest absolute Gasteiger partial charge is 0.487 e. The second-order valence-corrected chi connectivity index (χ2v) is 12.3. The van der Waals surface area contributed by atoms with Crippen molar-refractivity contribution in [2.45, 2.75) is 63.4 Å². The number of piperidine rings is 1. The molecule has 7 nitrogen and oxygen atoms in total. The van der Waals surface area contributed by atoms with E-state index in [1.165, 1.54) is 6.26 Å². The van der Waals surface area contributed by atoms with E-state index in [1.807, 2.05) is 39.0 Å². The molecule has 2 aliphatic heterocycles. The fourth-order valence-electron chi connectivity index (χ4n) is 4.43. The van der Waals surface area contributed by atoms with Gasteiger partial charge in [-0.05, 0) is 62.9 Å². The SMILES string of the molecule is CC(C)(C)OC(=O)N1CCC2(CCc3cc(-c4ccc(CS(C)(=O)=O)nc4)ccc3O2)CC1. The van der Waals surface area contributed by atoms with Crippen LogP contribution in [0.5, 0.6) is 5.75 Å². The van der Waals surface area contributed by atoms with E-state index in [0.717, 1.165) is 48.1 Å². The van der Waals surface area contributed by atoms with Crippen molar-refractivity contribution in [1.29, 1.82) is 0 Å². The van der Waals surface area contributed by atoms with Crippen LogP contribution >= 0.6 is 0 Å². The molecule has 1 spiro atoms. The van der Waals surface area contributed by atoms with Crippen molar-refractivity contribution in [2.75, 3.05) is 19.3 Å². The second-order valence-electron chi connectivity index (χ2n) is 10.2. The molecule has 1 amide bonds. The standard InChI is InChI=1S/C25H32N2O5S/c1-24(2,3)32-23(28)27-13-11-25(12-14-27)10-9-19-15-18(6-8-22(19)31-25)20-5-7-21(26-16-20)17-33(4,29)30/h5-8,15-16H,9-14,17H2,1-4H3. The molecule has 0 unspecified atom stereocenters. The van der Waals surface area contributed by atoms with E-state index in [9.17, 15) is 13.2 Å². The number of nitrogens with zero attached hydrogens (tertiary/aromatic N) is 2. The Balaban J connectivity index is 1.41. The molecule has 2 aromatic rings. The number of carbonyl (C=O) groups is 1. The zero-order valence-corrected chi connectivity index (χ0v) is 20.6. The summed E-state index contributed by atoms with van der Waals surface area (Å²) in [7, 11) is -3.10. The first-order chi connectivity index (χ1) is 15.4. The van der Waals surface area contributed by atoms with Gasteiger partial charge in [-0.1, -0.05) is 12.1 Å². The zero-order valence-electron chi connectivity index (χ0n) is 19.8. The monoisotopic (exact) mass is 472 g/mol. The first-order valence-electron chi connectivity index (χ1n) is 11.3. The lowest BCUT2D eigenvalue weighted by molar-refractivity contribution is -0.0272. The summed E-state index contributed by atoms with van der Waals surface area (Å²) in [5.74, 6) is 0.844. The summed E-state index contributed by atoms with van der Waals surface area (Å²) in [6.45, 7) is 6.91. The molecule has 1 aromatic heterocycles. The molecule has 0 aliphatic carbocycles. The number of likely N-dealkylation sites (tertiary alicyclic amines) is 1. The van der Waals surface area contributed by atoms with E-state index in [0.29, 0.717) is 18.8 Å². The maximum atomic E-state index is 12.4. The Hall–Kier alpha value is -2.61. The predicted octanol–water partition coefficient (Wildman–Crippen LogP) is 4.39. The summed E-state index contributed by atoms with van der Waals surface area (Å²) < 4.78 is 34.9. The molecule has 8 heteroatoms. The van der Waals surface area contributed by atoms with Crippen molar-refractivity contribution < 1.29 is 22.7 Å². The fraction of sp³-hybridized carbons (Fsp3) is 0.520. The van der Waals surface area contributed by atoms with Crippen LogP contribution in [-0.4, -0.2) is 54.9 Å². The topological polar surface area (TPSA) is 85.8 Å². The van der Waals surface area contributed by atoms with E-state index in [2.05, 4.69) is 11.1 Å². The van der Waals surface area contributed by atoms with Crippen LogP contribution in [0.2, 0.25) is 0 Å². The number of rotatable bonds is 3. The van der Waals surface area contributed by atoms with Crippen molar-refractivity contribution in [3.05, 3.63) is 47.8 Å². The summed E-state index contributed by atoms with van der Waals surface area (Å²) >= 11 is 0. The predicted molar refractivity (Wildman–Crippen MR) is 127 cm³/mol. The first kappa shape index (κ1) is 23.5. The van der Waals surface area contributed by atoms with Crippen molar-refractivity contribution in [1.82, 2.24) is 9.88 Å². The minimum absolute atomic E-state index is 0.0568. The van der Waals surface area contributed by atoms with Crippen molar-refractivity contribution in [3.63, 3.8) is 0 Å². The van der Waals surface area contributed by atoms with Gasteiger partial charge >= 0.3 is 6.09 Å². The van der Waals surface area contributed by atoms with Gasteiger partial charge in [-0.2, -0.15) is 0 Å². The molecule has 1 aromatic carbocycles. The molecule has 33 heavy (non-hydrogen) atoms. The molecule has 3 heterocycles. The molecule has 1 fully saturated rings. The number of carbonyl (C=O) groups excluding carboxylic acids is 1. The van der Waals surface area contributed by atoms with E-state index in [1.54, 1.807) is 17.2 Å². The summed E-state index contributed by atoms with van der Waals surface area (Å²) in [4.78, 5) is 18.5. The van der Waals surface area contributed by atoms with E-state index >= 15 is 0 Å². The highest BCUT2D eigenvalue weighted by Crippen LogP contribution is 2.41. The maximum absolute atomic E-state index is 12.4. The smallest absolute Gasteiger partial charge is 0.410 e. The molecule has 1 saturated heterocycles. The average molecular weight is 473 g/mol. The quantitative estimate of drug-likeness (QED) is 0.659. The third kappa shape index (κ3) is 5.85. The van der Waals surface area contributed by atoms with Crippen molar-refractivity contribution >= 4 is 15.9 Å². The van der Waals surface area contributed by atoms with Gasteiger partial charge in [0.2, 0.25) is 0 Å². The van der Waals surface area contributed by atoms with Gasteiger partial charge in [0.25, 0.3) is 0 Å². The Labute approximate surface area is 196 Å². The van der Waals surface area contributed by atoms with Gasteiger partial charge in [-0.25, -0.2) is 13.2 Å². The third-order valence-electron chi connectivity index (χ3n) is 6.13. The number of hydrogen-bond acceptors (Lipinski definition) is 6. The molecule has 4 rings (SSSR count). The van der Waals surface area contributed by atoms with Crippen LogP contribution < -0.4 is 4.74 Å². The number of amides is 1. The lowest BCUT2D eigenvalue weighted by Crippen LogP contribution is -2.52. The van der Waals surface area contributed by atoms with Crippen LogP contribution in [0.4, 0.5) is 4.79 Å². The number of fused-ring (bicyclic) bond motifs is 1. The Bertz CT molecular complexity index is 1130. The molecule has 0 radical (unpaired) electrons. The maximum Gasteiger partial charge on any atom is 0.410 e. The van der Waals surface area contributed by atoms with Gasteiger partial charge in [0, 0.05) is 43.9 Å². The molecule has 0 N–H and O–H groups in total. The average Bonchev–Trinajstić information content (AvgIpc) is 2.72. The van der Waals surface area contributed by atoms with Crippen LogP contribution in [-0.2, 0) is 26.7 Å². The van der Waals surface area contributed by atoms with Gasteiger partial charge in [0.1, 0.15) is 17.0 Å². The van der Waals surface area contributed by atoms with Crippen LogP contribution in [0.25, 0.3) is 11.1 Å². The van der Waals surface area contributed by atoms with Gasteiger partial charge in [0.15, 0.2) is 9.84 Å². The lowest BCUT2D eigenvalue weighted by Gasteiger charge is -2.44. The Morgan fingerprint density at radius 3 is 2.42 bits per heavy atom. The number of hydrogen-bond donors (Lipinski definition) is 0. The number of ether oxygens (including phenoxy) is 2. The van der Waals surface area contributed by atoms with Crippen LogP contribution in [0.15, 0.2) is 36.5 Å². The van der Waals surface area contributed by atoms with Gasteiger partial charge in [-0.15, -0.1) is 0 Å². The van der Waals surface area contributed by atoms with Gasteiger partial charge in [0.05, 0.1) is 11.4 Å². The molecule has 0 bridgehead atoms. The third-order valence-corrected chi connectivity index (χ3v) is 6.95. The number of aryl methyl sites for hydroxylation is 1. The zero-order chi connectivity index (χ0) is 23.9. The summed E-state index contributed by atoms with van der Waals surface area (Å²) in [6, 6.07) is 9.83. The molecule has 0 atom stereocenters. The van der Waals surface area contributed by atoms with Crippen LogP contribution in [0, 0.1) is 0 Å². The highest BCUT2D eigenvalue weighted by atomic mass is 32.2. The number of sulfone groups is 1. The normalized spacial score (nSPS) is 17.9. The summed E-state index contributed by atoms with van der Waals surface area (Å²) in [5.41, 5.74) is 2.96. The Morgan fingerprint density at radius 2 is 1.82 bits per heavy atom. The highest BCUT2D eigenvalue weighted by Gasteiger charge is 2.41. The first-order valence-corrected chi connectivity index (χ1v) is 13.4. The summed E-state index contributed by atoms with van der Waals surface area (Å²) in [6.07, 6.45) is 6.08. The van der Waals surface area contributed by atoms with E-state index in [-0.39, 0.29) is 17.4 Å². The number of pyridine rings is 1. The minimum Gasteiger partial charge on any atom is -0.487 e. The van der Waals surface area contributed by atoms with Crippen LogP contribution in [0.3, 0.4) is 0 Å². The van der Waals surface area contributed by atoms with Gasteiger partial charge < -0.3 is 14.4 Å². The number of aromatic nitrogens is 1. The number of benzene rings is 1. The van der Waals surface area contributed by atoms with Gasteiger partial charge in [-0.3, -0.25) is 4.98 Å². The Morgan fingerprint density at radius 1 is 1.12 bits per heavy atom. The molecular weight excluding hydrogens is 440 g/mol. The second kappa shape index (κ2) is 8.63. The van der Waals surface area contributed by atoms with Crippen molar-refractivity contribution in [2.24, 2.45) is 0 Å². The molecule has 178 valence electrons. The molecule has 2 aliphatic rings. The molecular formula is C25H32N2O5S. The van der Waals surface area contributed by atoms with E-state index < -0.39 is 15.4 Å².